The molecular weight excluding hydrogens is 321 g/mol. The highest BCUT2D eigenvalue weighted by Crippen LogP contribution is 2.41. The maximum atomic E-state index is 6.42. The highest BCUT2D eigenvalue weighted by molar-refractivity contribution is 6.35. The molecule has 0 spiro atoms. The minimum Gasteiger partial charge on any atom is -0.482 e. The number of nitrogen functional groups attached to an aromatic ring is 1. The first-order valence-corrected chi connectivity index (χ1v) is 7.92. The molecule has 0 atom stereocenters. The Balaban J connectivity index is 1.98. The highest BCUT2D eigenvalue weighted by atomic mass is 35.5. The van der Waals surface area contributed by atoms with Crippen molar-refractivity contribution in [2.24, 2.45) is 0 Å². The molecule has 0 saturated carbocycles. The Labute approximate surface area is 139 Å². The Kier molecular flexibility index (Phi) is 4.48. The van der Waals surface area contributed by atoms with Crippen LogP contribution in [-0.2, 0) is 10.3 Å². The summed E-state index contributed by atoms with van der Waals surface area (Å²) >= 11 is 12.4. The van der Waals surface area contributed by atoms with Crippen LogP contribution in [0.1, 0.15) is 18.4 Å². The Hall–Kier alpha value is -1.42. The Morgan fingerprint density at radius 3 is 2.32 bits per heavy atom. The second-order valence-corrected chi connectivity index (χ2v) is 6.25. The van der Waals surface area contributed by atoms with Crippen LogP contribution in [0.15, 0.2) is 42.5 Å². The van der Waals surface area contributed by atoms with E-state index in [4.69, 9.17) is 38.4 Å². The van der Waals surface area contributed by atoms with Gasteiger partial charge in [-0.1, -0.05) is 29.3 Å². The fraction of sp³-hybridized carbons (Fsp3) is 0.294. The molecule has 1 aliphatic heterocycles. The third-order valence-electron chi connectivity index (χ3n) is 3.92. The van der Waals surface area contributed by atoms with Gasteiger partial charge in [-0.3, -0.25) is 0 Å². The van der Waals surface area contributed by atoms with Gasteiger partial charge in [0.2, 0.25) is 0 Å². The Morgan fingerprint density at radius 2 is 1.68 bits per heavy atom. The van der Waals surface area contributed by atoms with Crippen LogP contribution in [0.25, 0.3) is 0 Å². The number of halogens is 2. The summed E-state index contributed by atoms with van der Waals surface area (Å²) in [6.45, 7) is 1.27. The first-order valence-electron chi connectivity index (χ1n) is 7.17. The molecule has 2 aromatic rings. The van der Waals surface area contributed by atoms with Gasteiger partial charge in [-0.25, -0.2) is 0 Å². The molecule has 0 aromatic heterocycles. The third-order valence-corrected chi connectivity index (χ3v) is 4.46. The van der Waals surface area contributed by atoms with Gasteiger partial charge >= 0.3 is 0 Å². The number of benzene rings is 2. The molecule has 3 nitrogen and oxygen atoms in total. The molecular formula is C17H17Cl2NO2. The predicted octanol–water partition coefficient (Wildman–Crippen LogP) is 4.66. The van der Waals surface area contributed by atoms with E-state index in [9.17, 15) is 0 Å². The van der Waals surface area contributed by atoms with Gasteiger partial charge in [-0.2, -0.15) is 0 Å². The van der Waals surface area contributed by atoms with Crippen molar-refractivity contribution in [2.75, 3.05) is 18.9 Å². The largest absolute Gasteiger partial charge is 0.482 e. The smallest absolute Gasteiger partial charge is 0.140 e. The zero-order valence-corrected chi connectivity index (χ0v) is 13.5. The second kappa shape index (κ2) is 6.37. The van der Waals surface area contributed by atoms with Crippen molar-refractivity contribution in [2.45, 2.75) is 18.4 Å². The molecule has 0 bridgehead atoms. The van der Waals surface area contributed by atoms with E-state index in [2.05, 4.69) is 0 Å². The fourth-order valence-corrected chi connectivity index (χ4v) is 3.33. The van der Waals surface area contributed by atoms with E-state index in [1.165, 1.54) is 0 Å². The van der Waals surface area contributed by atoms with Crippen molar-refractivity contribution in [1.29, 1.82) is 0 Å². The van der Waals surface area contributed by atoms with Gasteiger partial charge < -0.3 is 15.2 Å². The predicted molar refractivity (Wildman–Crippen MR) is 89.7 cm³/mol. The van der Waals surface area contributed by atoms with Gasteiger partial charge in [-0.15, -0.1) is 0 Å². The van der Waals surface area contributed by atoms with Crippen LogP contribution in [0.2, 0.25) is 10.0 Å². The zero-order valence-electron chi connectivity index (χ0n) is 12.0. The first kappa shape index (κ1) is 15.5. The first-order chi connectivity index (χ1) is 10.6. The second-order valence-electron chi connectivity index (χ2n) is 5.40. The van der Waals surface area contributed by atoms with Crippen molar-refractivity contribution in [3.8, 4) is 5.75 Å². The maximum absolute atomic E-state index is 6.42. The fourth-order valence-electron chi connectivity index (χ4n) is 2.75. The number of anilines is 1. The summed E-state index contributed by atoms with van der Waals surface area (Å²) in [6, 6.07) is 12.9. The van der Waals surface area contributed by atoms with Crippen LogP contribution in [0.5, 0.6) is 5.75 Å². The van der Waals surface area contributed by atoms with Crippen molar-refractivity contribution in [3.05, 3.63) is 58.1 Å². The van der Waals surface area contributed by atoms with Gasteiger partial charge in [-0.05, 0) is 36.4 Å². The van der Waals surface area contributed by atoms with E-state index < -0.39 is 5.60 Å². The molecule has 2 N–H and O–H groups in total. The van der Waals surface area contributed by atoms with Crippen LogP contribution >= 0.6 is 23.2 Å². The highest BCUT2D eigenvalue weighted by Gasteiger charge is 2.38. The van der Waals surface area contributed by atoms with Crippen LogP contribution in [0, 0.1) is 0 Å². The lowest BCUT2D eigenvalue weighted by Crippen LogP contribution is -2.39. The van der Waals surface area contributed by atoms with Crippen molar-refractivity contribution < 1.29 is 9.47 Å². The molecule has 2 aromatic carbocycles. The molecule has 0 radical (unpaired) electrons. The maximum Gasteiger partial charge on any atom is 0.140 e. The van der Waals surface area contributed by atoms with E-state index in [1.807, 2.05) is 36.4 Å². The number of rotatable bonds is 3. The van der Waals surface area contributed by atoms with Crippen LogP contribution in [-0.4, -0.2) is 13.2 Å². The van der Waals surface area contributed by atoms with Crippen molar-refractivity contribution in [3.63, 3.8) is 0 Å². The molecule has 1 fully saturated rings. The third kappa shape index (κ3) is 3.17. The van der Waals surface area contributed by atoms with Crippen molar-refractivity contribution >= 4 is 28.9 Å². The lowest BCUT2D eigenvalue weighted by Gasteiger charge is -2.38. The van der Waals surface area contributed by atoms with Gasteiger partial charge in [0, 0.05) is 34.1 Å². The lowest BCUT2D eigenvalue weighted by atomic mass is 9.86. The van der Waals surface area contributed by atoms with Crippen LogP contribution < -0.4 is 10.5 Å². The van der Waals surface area contributed by atoms with Gasteiger partial charge in [0.15, 0.2) is 0 Å². The zero-order chi connectivity index (χ0) is 15.6. The number of nitrogens with two attached hydrogens (primary N) is 1. The summed E-state index contributed by atoms with van der Waals surface area (Å²) in [6.07, 6.45) is 1.47. The van der Waals surface area contributed by atoms with Crippen molar-refractivity contribution in [1.82, 2.24) is 0 Å². The topological polar surface area (TPSA) is 44.5 Å². The van der Waals surface area contributed by atoms with E-state index in [1.54, 1.807) is 6.07 Å². The number of hydrogen-bond acceptors (Lipinski definition) is 3. The summed E-state index contributed by atoms with van der Waals surface area (Å²) in [5.74, 6) is 0.766. The molecule has 3 rings (SSSR count). The molecule has 1 heterocycles. The summed E-state index contributed by atoms with van der Waals surface area (Å²) in [5, 5.41) is 1.23. The molecule has 0 unspecified atom stereocenters. The van der Waals surface area contributed by atoms with Crippen LogP contribution in [0.4, 0.5) is 5.69 Å². The SMILES string of the molecule is Nc1ccc(OC2(c3ccc(Cl)cc3Cl)CCOCC2)cc1. The molecule has 0 aliphatic carbocycles. The molecule has 1 aliphatic rings. The minimum atomic E-state index is -0.504. The summed E-state index contributed by atoms with van der Waals surface area (Å²) in [7, 11) is 0. The van der Waals surface area contributed by atoms with E-state index >= 15 is 0 Å². The van der Waals surface area contributed by atoms with Gasteiger partial charge in [0.25, 0.3) is 0 Å². The Bertz CT molecular complexity index is 652. The van der Waals surface area contributed by atoms with Gasteiger partial charge in [0.05, 0.1) is 13.2 Å². The monoisotopic (exact) mass is 337 g/mol. The Morgan fingerprint density at radius 1 is 1.00 bits per heavy atom. The molecule has 5 heteroatoms. The minimum absolute atomic E-state index is 0.504. The summed E-state index contributed by atoms with van der Waals surface area (Å²) in [4.78, 5) is 0. The number of ether oxygens (including phenoxy) is 2. The standard InChI is InChI=1S/C17H17Cl2NO2/c18-12-1-6-15(16(19)11-12)17(7-9-21-10-8-17)22-14-4-2-13(20)3-5-14/h1-6,11H,7-10,20H2. The van der Waals surface area contributed by atoms with E-state index in [0.29, 0.717) is 28.9 Å². The summed E-state index contributed by atoms with van der Waals surface area (Å²) in [5.41, 5.74) is 6.88. The lowest BCUT2D eigenvalue weighted by molar-refractivity contribution is -0.0500. The van der Waals surface area contributed by atoms with Gasteiger partial charge in [0.1, 0.15) is 11.4 Å². The van der Waals surface area contributed by atoms with E-state index in [-0.39, 0.29) is 0 Å². The van der Waals surface area contributed by atoms with E-state index in [0.717, 1.165) is 24.2 Å². The van der Waals surface area contributed by atoms with Crippen LogP contribution in [0.3, 0.4) is 0 Å². The normalized spacial score (nSPS) is 17.2. The quantitative estimate of drug-likeness (QED) is 0.828. The molecule has 22 heavy (non-hydrogen) atoms. The summed E-state index contributed by atoms with van der Waals surface area (Å²) < 4.78 is 11.8. The average molecular weight is 338 g/mol. The molecule has 1 saturated heterocycles. The molecule has 116 valence electrons. The average Bonchev–Trinajstić information content (AvgIpc) is 2.50. The molecule has 0 amide bonds. The number of hydrogen-bond donors (Lipinski definition) is 1.